The molecule has 4 aromatic rings. The van der Waals surface area contributed by atoms with Gasteiger partial charge in [-0.15, -0.1) is 6.58 Å². The molecular formula is C29H31N3O6. The normalized spacial score (nSPS) is 11.2. The van der Waals surface area contributed by atoms with Gasteiger partial charge in [-0.1, -0.05) is 12.1 Å². The van der Waals surface area contributed by atoms with E-state index in [0.717, 1.165) is 23.1 Å². The Labute approximate surface area is 220 Å². The van der Waals surface area contributed by atoms with Crippen LogP contribution >= 0.6 is 0 Å². The van der Waals surface area contributed by atoms with Gasteiger partial charge in [-0.25, -0.2) is 4.79 Å². The van der Waals surface area contributed by atoms with E-state index in [9.17, 15) is 19.8 Å². The fourth-order valence-electron chi connectivity index (χ4n) is 4.69. The van der Waals surface area contributed by atoms with Crippen LogP contribution in [0.3, 0.4) is 0 Å². The van der Waals surface area contributed by atoms with Crippen LogP contribution in [0.1, 0.15) is 27.2 Å². The van der Waals surface area contributed by atoms with Gasteiger partial charge in [-0.2, -0.15) is 0 Å². The number of carboxylic acids is 1. The van der Waals surface area contributed by atoms with Crippen LogP contribution in [0.5, 0.6) is 17.2 Å². The second kappa shape index (κ2) is 10.9. The summed E-state index contributed by atoms with van der Waals surface area (Å²) >= 11 is 0. The Morgan fingerprint density at radius 3 is 2.53 bits per heavy atom. The van der Waals surface area contributed by atoms with E-state index in [0.29, 0.717) is 33.9 Å². The molecule has 0 amide bonds. The summed E-state index contributed by atoms with van der Waals surface area (Å²) in [6.45, 7) is 4.51. The number of methoxy groups -OCH3 is 2. The molecule has 0 atom stereocenters. The topological polar surface area (TPSA) is 117 Å². The molecule has 3 N–H and O–H groups in total. The van der Waals surface area contributed by atoms with E-state index >= 15 is 0 Å². The van der Waals surface area contributed by atoms with Crippen molar-refractivity contribution in [2.24, 2.45) is 0 Å². The second-order valence-electron chi connectivity index (χ2n) is 9.25. The first-order valence-electron chi connectivity index (χ1n) is 12.0. The molecule has 0 fully saturated rings. The lowest BCUT2D eigenvalue weighted by atomic mass is 9.97. The fraction of sp³-hybridized carbons (Fsp3) is 0.241. The maximum atomic E-state index is 13.6. The van der Waals surface area contributed by atoms with Crippen LogP contribution in [-0.2, 0) is 19.5 Å². The smallest absolute Gasteiger partial charge is 0.345 e. The Bertz CT molecular complexity index is 1580. The number of rotatable bonds is 10. The van der Waals surface area contributed by atoms with E-state index in [2.05, 4.69) is 16.5 Å². The number of ether oxygens (including phenoxy) is 2. The highest BCUT2D eigenvalue weighted by Gasteiger charge is 2.27. The first-order chi connectivity index (χ1) is 18.2. The van der Waals surface area contributed by atoms with Crippen LogP contribution in [0.15, 0.2) is 59.9 Å². The molecule has 0 aliphatic heterocycles. The van der Waals surface area contributed by atoms with E-state index in [1.54, 1.807) is 31.4 Å². The summed E-state index contributed by atoms with van der Waals surface area (Å²) in [4.78, 5) is 31.1. The molecule has 0 aliphatic rings. The number of aromatic amines is 1. The molecule has 0 saturated heterocycles. The number of H-pyrrole nitrogens is 1. The number of carbonyl (C=O) groups is 1. The summed E-state index contributed by atoms with van der Waals surface area (Å²) < 4.78 is 12.2. The summed E-state index contributed by atoms with van der Waals surface area (Å²) in [5, 5.41) is 21.7. The zero-order valence-corrected chi connectivity index (χ0v) is 21.9. The molecule has 9 heteroatoms. The molecule has 2 aromatic heterocycles. The minimum Gasteiger partial charge on any atom is -0.506 e. The van der Waals surface area contributed by atoms with Gasteiger partial charge in [0.2, 0.25) is 0 Å². The molecule has 198 valence electrons. The van der Waals surface area contributed by atoms with Crippen molar-refractivity contribution in [1.82, 2.24) is 14.5 Å². The minimum absolute atomic E-state index is 0.00307. The Kier molecular flexibility index (Phi) is 7.59. The van der Waals surface area contributed by atoms with Crippen molar-refractivity contribution in [3.05, 3.63) is 87.9 Å². The van der Waals surface area contributed by atoms with E-state index < -0.39 is 22.8 Å². The number of benzene rings is 2. The number of aromatic hydroxyl groups is 1. The molecule has 4 rings (SSSR count). The highest BCUT2D eigenvalue weighted by Crippen LogP contribution is 2.35. The van der Waals surface area contributed by atoms with E-state index in [1.807, 2.05) is 38.4 Å². The average Bonchev–Trinajstić information content (AvgIpc) is 3.27. The molecule has 0 unspecified atom stereocenters. The lowest BCUT2D eigenvalue weighted by molar-refractivity contribution is 0.0690. The molecule has 0 aliphatic carbocycles. The van der Waals surface area contributed by atoms with E-state index in [4.69, 9.17) is 9.47 Å². The van der Waals surface area contributed by atoms with Crippen molar-refractivity contribution < 1.29 is 24.5 Å². The molecular weight excluding hydrogens is 486 g/mol. The Hall–Kier alpha value is -4.50. The van der Waals surface area contributed by atoms with Crippen molar-refractivity contribution >= 4 is 16.9 Å². The number of aromatic carboxylic acids is 1. The summed E-state index contributed by atoms with van der Waals surface area (Å²) in [5.41, 5.74) is 2.44. The third-order valence-electron chi connectivity index (χ3n) is 6.36. The van der Waals surface area contributed by atoms with Gasteiger partial charge in [0.1, 0.15) is 17.2 Å². The molecule has 9 nitrogen and oxygen atoms in total. The first kappa shape index (κ1) is 26.6. The summed E-state index contributed by atoms with van der Waals surface area (Å²) in [7, 11) is 7.02. The van der Waals surface area contributed by atoms with Crippen molar-refractivity contribution in [3.63, 3.8) is 0 Å². The molecule has 2 aromatic carbocycles. The van der Waals surface area contributed by atoms with Gasteiger partial charge < -0.3 is 34.1 Å². The predicted molar refractivity (Wildman–Crippen MR) is 147 cm³/mol. The van der Waals surface area contributed by atoms with Crippen molar-refractivity contribution in [3.8, 4) is 28.5 Å². The number of carboxylic acid groups (broad SMARTS) is 1. The number of nitrogens with zero attached hydrogens (tertiary/aromatic N) is 2. The number of nitrogens with one attached hydrogen (secondary N) is 1. The number of hydrogen-bond acceptors (Lipinski definition) is 6. The number of allylic oxidation sites excluding steroid dienone is 1. The monoisotopic (exact) mass is 517 g/mol. The van der Waals surface area contributed by atoms with Crippen molar-refractivity contribution in [2.45, 2.75) is 19.5 Å². The van der Waals surface area contributed by atoms with Crippen LogP contribution < -0.4 is 15.0 Å². The van der Waals surface area contributed by atoms with Gasteiger partial charge in [-0.05, 0) is 56.4 Å². The third kappa shape index (κ3) is 5.01. The summed E-state index contributed by atoms with van der Waals surface area (Å²) in [6, 6.07) is 12.9. The third-order valence-corrected chi connectivity index (χ3v) is 6.36. The molecule has 0 radical (unpaired) electrons. The maximum Gasteiger partial charge on any atom is 0.345 e. The zero-order valence-electron chi connectivity index (χ0n) is 21.9. The van der Waals surface area contributed by atoms with Crippen molar-refractivity contribution in [2.75, 3.05) is 28.3 Å². The standard InChI is InChI=1S/C29H31N3O6/c1-6-7-22-26(17-9-11-23-19(12-17)13-20(30-23)16-31(2)3)32(28(34)25(27(22)33)29(35)36)15-18-8-10-21(37-4)14-24(18)38-5/h6,8-14,30,33H,1,7,15-16H2,2-5H3,(H,35,36). The number of aromatic nitrogens is 2. The van der Waals surface area contributed by atoms with E-state index in [-0.39, 0.29) is 13.0 Å². The quantitative estimate of drug-likeness (QED) is 0.269. The summed E-state index contributed by atoms with van der Waals surface area (Å²) in [6.07, 6.45) is 1.72. The molecule has 0 saturated carbocycles. The number of fused-ring (bicyclic) bond motifs is 1. The average molecular weight is 518 g/mol. The van der Waals surface area contributed by atoms with Gasteiger partial charge in [0.05, 0.1) is 26.5 Å². The minimum atomic E-state index is -1.51. The Morgan fingerprint density at radius 2 is 1.89 bits per heavy atom. The fourth-order valence-corrected chi connectivity index (χ4v) is 4.69. The summed E-state index contributed by atoms with van der Waals surface area (Å²) in [5.74, 6) is -1.01. The predicted octanol–water partition coefficient (Wildman–Crippen LogP) is 4.26. The van der Waals surface area contributed by atoms with Gasteiger partial charge in [-0.3, -0.25) is 4.79 Å². The van der Waals surface area contributed by atoms with Crippen LogP contribution in [0.2, 0.25) is 0 Å². The van der Waals surface area contributed by atoms with Crippen LogP contribution in [0, 0.1) is 0 Å². The van der Waals surface area contributed by atoms with Crippen molar-refractivity contribution in [1.29, 1.82) is 0 Å². The molecule has 38 heavy (non-hydrogen) atoms. The van der Waals surface area contributed by atoms with Gasteiger partial charge in [0.15, 0.2) is 5.56 Å². The SMILES string of the molecule is C=CCc1c(O)c(C(=O)O)c(=O)n(Cc2ccc(OC)cc2OC)c1-c1ccc2[nH]c(CN(C)C)cc2c1. The Morgan fingerprint density at radius 1 is 1.13 bits per heavy atom. The Balaban J connectivity index is 2.01. The molecule has 0 spiro atoms. The number of hydrogen-bond donors (Lipinski definition) is 3. The van der Waals surface area contributed by atoms with E-state index in [1.165, 1.54) is 11.7 Å². The zero-order chi connectivity index (χ0) is 27.6. The van der Waals surface area contributed by atoms with Crippen LogP contribution in [0.25, 0.3) is 22.2 Å². The van der Waals surface area contributed by atoms with Crippen LogP contribution in [0.4, 0.5) is 0 Å². The van der Waals surface area contributed by atoms with Gasteiger partial charge in [0, 0.05) is 40.3 Å². The number of pyridine rings is 1. The van der Waals surface area contributed by atoms with Gasteiger partial charge >= 0.3 is 5.97 Å². The van der Waals surface area contributed by atoms with Crippen LogP contribution in [-0.4, -0.2) is 58.9 Å². The van der Waals surface area contributed by atoms with Gasteiger partial charge in [0.25, 0.3) is 5.56 Å². The highest BCUT2D eigenvalue weighted by atomic mass is 16.5. The molecule has 2 heterocycles. The second-order valence-corrected chi connectivity index (χ2v) is 9.25. The largest absolute Gasteiger partial charge is 0.506 e. The first-order valence-corrected chi connectivity index (χ1v) is 12.0. The highest BCUT2D eigenvalue weighted by molar-refractivity contribution is 5.93. The molecule has 0 bridgehead atoms. The lowest BCUT2D eigenvalue weighted by Gasteiger charge is -2.21. The lowest BCUT2D eigenvalue weighted by Crippen LogP contribution is -2.30. The maximum absolute atomic E-state index is 13.6.